The van der Waals surface area contributed by atoms with E-state index in [0.717, 1.165) is 11.9 Å². The normalized spacial score (nSPS) is 14.4. The summed E-state index contributed by atoms with van der Waals surface area (Å²) in [6.45, 7) is 1.89. The fourth-order valence-corrected chi connectivity index (χ4v) is 3.35. The van der Waals surface area contributed by atoms with Gasteiger partial charge in [-0.1, -0.05) is 36.4 Å². The number of carbonyl (C=O) groups is 1. The Balaban J connectivity index is 1.49. The van der Waals surface area contributed by atoms with Gasteiger partial charge in [-0.2, -0.15) is 0 Å². The summed E-state index contributed by atoms with van der Waals surface area (Å²) in [4.78, 5) is 19.2. The molecule has 5 nitrogen and oxygen atoms in total. The zero-order valence-electron chi connectivity index (χ0n) is 15.4. The van der Waals surface area contributed by atoms with E-state index in [1.165, 1.54) is 11.1 Å². The molecule has 0 N–H and O–H groups in total. The van der Waals surface area contributed by atoms with Crippen LogP contribution in [0.25, 0.3) is 16.7 Å². The van der Waals surface area contributed by atoms with Crippen molar-refractivity contribution in [3.05, 3.63) is 71.6 Å². The third-order valence-corrected chi connectivity index (χ3v) is 4.84. The molecule has 0 saturated heterocycles. The van der Waals surface area contributed by atoms with Gasteiger partial charge in [-0.25, -0.2) is 4.98 Å². The van der Waals surface area contributed by atoms with E-state index < -0.39 is 0 Å². The number of hydrogen-bond acceptors (Lipinski definition) is 4. The molecule has 0 spiro atoms. The summed E-state index contributed by atoms with van der Waals surface area (Å²) in [7, 11) is 1.65. The second-order valence-corrected chi connectivity index (χ2v) is 6.63. The molecule has 1 aliphatic heterocycles. The van der Waals surface area contributed by atoms with Crippen molar-refractivity contribution in [3.63, 3.8) is 0 Å². The van der Waals surface area contributed by atoms with Crippen LogP contribution in [0.5, 0.6) is 0 Å². The third kappa shape index (κ3) is 3.78. The smallest absolute Gasteiger partial charge is 0.254 e. The van der Waals surface area contributed by atoms with Gasteiger partial charge in [0.25, 0.3) is 5.91 Å². The molecule has 0 aliphatic carbocycles. The molecule has 2 aromatic carbocycles. The highest BCUT2D eigenvalue weighted by Gasteiger charge is 2.20. The van der Waals surface area contributed by atoms with Gasteiger partial charge in [0.1, 0.15) is 5.52 Å². The summed E-state index contributed by atoms with van der Waals surface area (Å²) in [5.74, 6) is 0.653. The number of ether oxygens (including phenoxy) is 1. The zero-order chi connectivity index (χ0) is 18.6. The molecular weight excluding hydrogens is 340 g/mol. The number of fused-ring (bicyclic) bond motifs is 1. The molecule has 1 amide bonds. The summed E-state index contributed by atoms with van der Waals surface area (Å²) < 4.78 is 10.8. The zero-order valence-corrected chi connectivity index (χ0v) is 15.4. The van der Waals surface area contributed by atoms with Crippen LogP contribution in [0.1, 0.15) is 28.2 Å². The first kappa shape index (κ1) is 17.5. The maximum Gasteiger partial charge on any atom is 0.254 e. The lowest BCUT2D eigenvalue weighted by Crippen LogP contribution is -2.34. The van der Waals surface area contributed by atoms with E-state index in [0.29, 0.717) is 43.2 Å². The SMILES string of the molecule is COCCc1nc2ccc(C(=O)N3CC=C(c4ccccc4)CC3)cc2o1. The number of methoxy groups -OCH3 is 1. The van der Waals surface area contributed by atoms with Crippen molar-refractivity contribution in [3.8, 4) is 0 Å². The Bertz CT molecular complexity index is 976. The van der Waals surface area contributed by atoms with Gasteiger partial charge in [-0.05, 0) is 35.8 Å². The monoisotopic (exact) mass is 362 g/mol. The minimum atomic E-state index is 0.0232. The molecule has 0 atom stereocenters. The van der Waals surface area contributed by atoms with Gasteiger partial charge in [0.05, 0.1) is 6.61 Å². The molecular formula is C22H22N2O3. The van der Waals surface area contributed by atoms with Gasteiger partial charge in [-0.3, -0.25) is 4.79 Å². The molecule has 1 aliphatic rings. The quantitative estimate of drug-likeness (QED) is 0.690. The lowest BCUT2D eigenvalue weighted by Gasteiger charge is -2.26. The molecule has 0 radical (unpaired) electrons. The predicted molar refractivity (Wildman–Crippen MR) is 105 cm³/mol. The van der Waals surface area contributed by atoms with Crippen molar-refractivity contribution in [2.75, 3.05) is 26.8 Å². The maximum atomic E-state index is 12.9. The van der Waals surface area contributed by atoms with E-state index in [1.54, 1.807) is 13.2 Å². The third-order valence-electron chi connectivity index (χ3n) is 4.84. The van der Waals surface area contributed by atoms with Crippen LogP contribution in [-0.2, 0) is 11.2 Å². The maximum absolute atomic E-state index is 12.9. The first-order valence-corrected chi connectivity index (χ1v) is 9.17. The van der Waals surface area contributed by atoms with Crippen LogP contribution in [-0.4, -0.2) is 42.6 Å². The Morgan fingerprint density at radius 1 is 1.22 bits per heavy atom. The Kier molecular flexibility index (Phi) is 5.03. The fourth-order valence-electron chi connectivity index (χ4n) is 3.35. The Morgan fingerprint density at radius 3 is 2.81 bits per heavy atom. The Morgan fingerprint density at radius 2 is 2.07 bits per heavy atom. The second kappa shape index (κ2) is 7.76. The van der Waals surface area contributed by atoms with Crippen LogP contribution in [0.15, 0.2) is 59.0 Å². The van der Waals surface area contributed by atoms with E-state index >= 15 is 0 Å². The minimum absolute atomic E-state index is 0.0232. The van der Waals surface area contributed by atoms with Gasteiger partial charge in [0.15, 0.2) is 11.5 Å². The molecule has 138 valence electrons. The first-order chi connectivity index (χ1) is 13.2. The standard InChI is InChI=1S/C22H22N2O3/c1-26-14-11-21-23-19-8-7-18(15-20(19)27-21)22(25)24-12-9-17(10-13-24)16-5-3-2-4-6-16/h2-9,15H,10-14H2,1H3. The largest absolute Gasteiger partial charge is 0.441 e. The summed E-state index contributed by atoms with van der Waals surface area (Å²) in [5.41, 5.74) is 4.57. The van der Waals surface area contributed by atoms with Crippen molar-refractivity contribution in [2.24, 2.45) is 0 Å². The molecule has 0 unspecified atom stereocenters. The average molecular weight is 362 g/mol. The molecule has 27 heavy (non-hydrogen) atoms. The van der Waals surface area contributed by atoms with Gasteiger partial charge in [-0.15, -0.1) is 0 Å². The van der Waals surface area contributed by atoms with E-state index in [4.69, 9.17) is 9.15 Å². The van der Waals surface area contributed by atoms with Crippen molar-refractivity contribution in [2.45, 2.75) is 12.8 Å². The number of oxazole rings is 1. The fraction of sp³-hybridized carbons (Fsp3) is 0.273. The average Bonchev–Trinajstić information content (AvgIpc) is 3.14. The van der Waals surface area contributed by atoms with E-state index in [1.807, 2.05) is 35.2 Å². The molecule has 0 saturated carbocycles. The van der Waals surface area contributed by atoms with Crippen LogP contribution < -0.4 is 0 Å². The molecule has 4 rings (SSSR count). The van der Waals surface area contributed by atoms with Gasteiger partial charge < -0.3 is 14.1 Å². The van der Waals surface area contributed by atoms with Crippen molar-refractivity contribution < 1.29 is 13.9 Å². The predicted octanol–water partition coefficient (Wildman–Crippen LogP) is 3.95. The number of benzene rings is 2. The number of nitrogens with zero attached hydrogens (tertiary/aromatic N) is 2. The van der Waals surface area contributed by atoms with Crippen LogP contribution >= 0.6 is 0 Å². The highest BCUT2D eigenvalue weighted by molar-refractivity contribution is 5.97. The van der Waals surface area contributed by atoms with E-state index in [9.17, 15) is 4.79 Å². The van der Waals surface area contributed by atoms with Crippen LogP contribution in [0.3, 0.4) is 0 Å². The molecule has 2 heterocycles. The number of carbonyl (C=O) groups excluding carboxylic acids is 1. The highest BCUT2D eigenvalue weighted by atomic mass is 16.5. The van der Waals surface area contributed by atoms with Crippen LogP contribution in [0.4, 0.5) is 0 Å². The van der Waals surface area contributed by atoms with E-state index in [-0.39, 0.29) is 5.91 Å². The molecule has 3 aromatic rings. The summed E-state index contributed by atoms with van der Waals surface area (Å²) in [6.07, 6.45) is 3.63. The molecule has 5 heteroatoms. The topological polar surface area (TPSA) is 55.6 Å². The Hall–Kier alpha value is -2.92. The number of hydrogen-bond donors (Lipinski definition) is 0. The van der Waals surface area contributed by atoms with Gasteiger partial charge >= 0.3 is 0 Å². The van der Waals surface area contributed by atoms with Crippen molar-refractivity contribution in [1.29, 1.82) is 0 Å². The molecule has 0 fully saturated rings. The van der Waals surface area contributed by atoms with Crippen molar-refractivity contribution in [1.82, 2.24) is 9.88 Å². The Labute approximate surface area is 158 Å². The molecule has 0 bridgehead atoms. The van der Waals surface area contributed by atoms with Gasteiger partial charge in [0.2, 0.25) is 0 Å². The van der Waals surface area contributed by atoms with Crippen LogP contribution in [0.2, 0.25) is 0 Å². The van der Waals surface area contributed by atoms with Gasteiger partial charge in [0, 0.05) is 32.2 Å². The number of rotatable bonds is 5. The second-order valence-electron chi connectivity index (χ2n) is 6.63. The summed E-state index contributed by atoms with van der Waals surface area (Å²) in [6, 6.07) is 15.8. The first-order valence-electron chi connectivity index (χ1n) is 9.17. The molecule has 1 aromatic heterocycles. The minimum Gasteiger partial charge on any atom is -0.441 e. The lowest BCUT2D eigenvalue weighted by atomic mass is 9.99. The number of amides is 1. The van der Waals surface area contributed by atoms with Crippen molar-refractivity contribution >= 4 is 22.6 Å². The number of aromatic nitrogens is 1. The van der Waals surface area contributed by atoms with E-state index in [2.05, 4.69) is 23.2 Å². The highest BCUT2D eigenvalue weighted by Crippen LogP contribution is 2.24. The lowest BCUT2D eigenvalue weighted by molar-refractivity contribution is 0.0773. The summed E-state index contributed by atoms with van der Waals surface area (Å²) >= 11 is 0. The van der Waals surface area contributed by atoms with Crippen LogP contribution in [0, 0.1) is 0 Å². The summed E-state index contributed by atoms with van der Waals surface area (Å²) in [5, 5.41) is 0.